The molecule has 3 N–H and O–H groups in total. The zero-order valence-corrected chi connectivity index (χ0v) is 18.3. The van der Waals surface area contributed by atoms with Crippen LogP contribution in [0.3, 0.4) is 0 Å². The van der Waals surface area contributed by atoms with E-state index < -0.39 is 27.5 Å². The van der Waals surface area contributed by atoms with Gasteiger partial charge in [-0.15, -0.1) is 0 Å². The fraction of sp³-hybridized carbons (Fsp3) is 0.300. The molecule has 1 amide bonds. The number of nitriles is 1. The molecular formula is C20H17Cl2FN4O3S. The molecule has 2 fully saturated rings. The number of hydrogen-bond acceptors (Lipinski definition) is 6. The van der Waals surface area contributed by atoms with Gasteiger partial charge in [-0.1, -0.05) is 23.2 Å². The predicted molar refractivity (Wildman–Crippen MR) is 114 cm³/mol. The van der Waals surface area contributed by atoms with E-state index in [1.54, 1.807) is 18.2 Å². The highest BCUT2D eigenvalue weighted by Gasteiger charge is 2.70. The van der Waals surface area contributed by atoms with Crippen molar-refractivity contribution in [1.29, 1.82) is 5.26 Å². The van der Waals surface area contributed by atoms with Crippen LogP contribution in [0.5, 0.6) is 5.75 Å². The van der Waals surface area contributed by atoms with Gasteiger partial charge in [0.15, 0.2) is 0 Å². The Bertz CT molecular complexity index is 1130. The number of rotatable bonds is 6. The average molecular weight is 483 g/mol. The van der Waals surface area contributed by atoms with Gasteiger partial charge in [-0.25, -0.2) is 4.39 Å². The van der Waals surface area contributed by atoms with E-state index in [4.69, 9.17) is 38.9 Å². The minimum absolute atomic E-state index is 0.0454. The van der Waals surface area contributed by atoms with Crippen LogP contribution in [0.1, 0.15) is 5.56 Å². The Balaban J connectivity index is 1.57. The van der Waals surface area contributed by atoms with Crippen molar-refractivity contribution in [2.45, 2.75) is 21.9 Å². The number of carbonyl (C=O) groups is 1. The molecule has 0 aliphatic carbocycles. The molecule has 4 atom stereocenters. The molecule has 162 valence electrons. The summed E-state index contributed by atoms with van der Waals surface area (Å²) in [6, 6.07) is 9.99. The van der Waals surface area contributed by atoms with Gasteiger partial charge in [0.05, 0.1) is 38.9 Å². The topological polar surface area (TPSA) is 108 Å². The average Bonchev–Trinajstić information content (AvgIpc) is 2.73. The Hall–Kier alpha value is -2.22. The smallest absolute Gasteiger partial charge is 0.238 e. The highest BCUT2D eigenvalue weighted by molar-refractivity contribution is 7.86. The summed E-state index contributed by atoms with van der Waals surface area (Å²) in [5.41, 5.74) is 4.75. The predicted octanol–water partition coefficient (Wildman–Crippen LogP) is 2.03. The van der Waals surface area contributed by atoms with Crippen LogP contribution in [-0.2, 0) is 15.6 Å². The number of carbonyl (C=O) groups excluding carboxylic acids is 1. The molecule has 0 radical (unpaired) electrons. The number of ether oxygens (including phenoxy) is 1. The van der Waals surface area contributed by atoms with E-state index in [1.807, 2.05) is 0 Å². The number of nitrogens with one attached hydrogen (secondary N) is 1. The SMILES string of the molecule is N#Cc1ccc(OCC23CNC2C(S(=O)c2ccc(Cl)cc2Cl)N3C(=O)CN)cc1F. The summed E-state index contributed by atoms with van der Waals surface area (Å²) in [5, 5.41) is 12.0. The Morgan fingerprint density at radius 3 is 2.74 bits per heavy atom. The normalized spacial score (nSPS) is 24.9. The molecule has 4 unspecified atom stereocenters. The summed E-state index contributed by atoms with van der Waals surface area (Å²) in [6.45, 7) is 0.191. The second-order valence-electron chi connectivity index (χ2n) is 7.23. The van der Waals surface area contributed by atoms with Gasteiger partial charge in [0, 0.05) is 17.6 Å². The van der Waals surface area contributed by atoms with Crippen LogP contribution in [0.4, 0.5) is 4.39 Å². The summed E-state index contributed by atoms with van der Waals surface area (Å²) in [7, 11) is -1.65. The van der Waals surface area contributed by atoms with E-state index in [0.29, 0.717) is 16.5 Å². The van der Waals surface area contributed by atoms with Crippen LogP contribution in [-0.4, -0.2) is 51.7 Å². The van der Waals surface area contributed by atoms with Crippen LogP contribution < -0.4 is 15.8 Å². The maximum Gasteiger partial charge on any atom is 0.238 e. The van der Waals surface area contributed by atoms with Gasteiger partial charge in [-0.3, -0.25) is 9.00 Å². The van der Waals surface area contributed by atoms with Crippen molar-refractivity contribution in [1.82, 2.24) is 10.2 Å². The summed E-state index contributed by atoms with van der Waals surface area (Å²) < 4.78 is 32.9. The molecule has 4 rings (SSSR count). The number of benzene rings is 2. The molecule has 2 heterocycles. The lowest BCUT2D eigenvalue weighted by Crippen LogP contribution is -2.94. The first-order chi connectivity index (χ1) is 14.8. The number of nitrogens with two attached hydrogens (primary N) is 1. The molecular weight excluding hydrogens is 466 g/mol. The third-order valence-corrected chi connectivity index (χ3v) is 7.92. The van der Waals surface area contributed by atoms with Gasteiger partial charge < -0.3 is 20.7 Å². The number of hydrogen-bond donors (Lipinski definition) is 2. The monoisotopic (exact) mass is 482 g/mol. The van der Waals surface area contributed by atoms with Crippen molar-refractivity contribution in [3.63, 3.8) is 0 Å². The largest absolute Gasteiger partial charge is 0.491 e. The number of nitrogens with zero attached hydrogens (tertiary/aromatic N) is 2. The molecule has 0 bridgehead atoms. The Morgan fingerprint density at radius 2 is 2.16 bits per heavy atom. The van der Waals surface area contributed by atoms with Gasteiger partial charge in [0.25, 0.3) is 0 Å². The first kappa shape index (κ1) is 22.0. The first-order valence-electron chi connectivity index (χ1n) is 9.26. The Labute approximate surface area is 190 Å². The molecule has 2 saturated heterocycles. The number of piperazine rings is 1. The summed E-state index contributed by atoms with van der Waals surface area (Å²) in [4.78, 5) is 14.5. The Kier molecular flexibility index (Phi) is 5.94. The van der Waals surface area contributed by atoms with Gasteiger partial charge in [-0.2, -0.15) is 5.26 Å². The molecule has 0 spiro atoms. The zero-order valence-electron chi connectivity index (χ0n) is 16.0. The fourth-order valence-corrected chi connectivity index (χ4v) is 6.41. The number of likely N-dealkylation sites (tertiary alicyclic amines) is 1. The highest BCUT2D eigenvalue weighted by atomic mass is 35.5. The number of fused-ring (bicyclic) bond motifs is 1. The molecule has 2 aromatic carbocycles. The maximum absolute atomic E-state index is 13.9. The summed E-state index contributed by atoms with van der Waals surface area (Å²) in [5.74, 6) is -0.849. The fourth-order valence-electron chi connectivity index (χ4n) is 3.95. The standard InChI is InChI=1S/C20H17Cl2FN4O3S/c21-12-2-4-16(14(22)5-12)31(29)19-18-20(9-26-18,27(19)17(28)8-25)10-30-13-3-1-11(7-24)15(23)6-13/h1-6,18-19,26H,8-10,25H2. The molecule has 2 aromatic rings. The lowest BCUT2D eigenvalue weighted by atomic mass is 9.72. The second kappa shape index (κ2) is 8.37. The molecule has 2 aliphatic rings. The van der Waals surface area contributed by atoms with E-state index in [9.17, 15) is 13.4 Å². The van der Waals surface area contributed by atoms with Gasteiger partial charge in [0.1, 0.15) is 35.2 Å². The zero-order chi connectivity index (χ0) is 22.3. The first-order valence-corrected chi connectivity index (χ1v) is 11.2. The third-order valence-electron chi connectivity index (χ3n) is 5.55. The molecule has 2 aliphatic heterocycles. The van der Waals surface area contributed by atoms with E-state index in [-0.39, 0.29) is 41.4 Å². The maximum atomic E-state index is 13.9. The second-order valence-corrected chi connectivity index (χ2v) is 9.60. The molecule has 11 heteroatoms. The summed E-state index contributed by atoms with van der Waals surface area (Å²) >= 11 is 12.1. The molecule has 0 saturated carbocycles. The minimum Gasteiger partial charge on any atom is -0.491 e. The van der Waals surface area contributed by atoms with Crippen LogP contribution in [0.2, 0.25) is 10.0 Å². The van der Waals surface area contributed by atoms with E-state index in [0.717, 1.165) is 6.07 Å². The van der Waals surface area contributed by atoms with Crippen LogP contribution >= 0.6 is 23.2 Å². The third kappa shape index (κ3) is 3.58. The van der Waals surface area contributed by atoms with Gasteiger partial charge in [0.2, 0.25) is 5.91 Å². The van der Waals surface area contributed by atoms with Crippen LogP contribution in [0, 0.1) is 17.1 Å². The Morgan fingerprint density at radius 1 is 1.39 bits per heavy atom. The lowest BCUT2D eigenvalue weighted by molar-refractivity contribution is -0.177. The van der Waals surface area contributed by atoms with Crippen molar-refractivity contribution >= 4 is 39.9 Å². The minimum atomic E-state index is -1.65. The van der Waals surface area contributed by atoms with E-state index >= 15 is 0 Å². The van der Waals surface area contributed by atoms with Gasteiger partial charge >= 0.3 is 0 Å². The van der Waals surface area contributed by atoms with E-state index in [1.165, 1.54) is 23.1 Å². The number of halogens is 3. The highest BCUT2D eigenvalue weighted by Crippen LogP contribution is 2.46. The van der Waals surface area contributed by atoms with E-state index in [2.05, 4.69) is 5.32 Å². The van der Waals surface area contributed by atoms with Crippen molar-refractivity contribution in [2.75, 3.05) is 19.7 Å². The van der Waals surface area contributed by atoms with Crippen molar-refractivity contribution in [2.24, 2.45) is 5.73 Å². The van der Waals surface area contributed by atoms with Crippen molar-refractivity contribution in [3.05, 3.63) is 57.8 Å². The van der Waals surface area contributed by atoms with Crippen molar-refractivity contribution < 1.29 is 18.1 Å². The van der Waals surface area contributed by atoms with Crippen molar-refractivity contribution in [3.8, 4) is 11.8 Å². The van der Waals surface area contributed by atoms with Gasteiger partial charge in [-0.05, 0) is 30.3 Å². The summed E-state index contributed by atoms with van der Waals surface area (Å²) in [6.07, 6.45) is 0. The quantitative estimate of drug-likeness (QED) is 0.651. The molecule has 0 aromatic heterocycles. The van der Waals surface area contributed by atoms with Crippen LogP contribution in [0.15, 0.2) is 41.3 Å². The molecule has 31 heavy (non-hydrogen) atoms. The number of amides is 1. The van der Waals surface area contributed by atoms with Crippen LogP contribution in [0.25, 0.3) is 0 Å². The molecule has 7 nitrogen and oxygen atoms in total. The lowest BCUT2D eigenvalue weighted by Gasteiger charge is -2.69.